The Labute approximate surface area is 131 Å². The van der Waals surface area contributed by atoms with Gasteiger partial charge in [-0.25, -0.2) is 4.39 Å². The molecule has 2 nitrogen and oxygen atoms in total. The van der Waals surface area contributed by atoms with Crippen molar-refractivity contribution in [3.63, 3.8) is 0 Å². The molecule has 0 aromatic heterocycles. The van der Waals surface area contributed by atoms with Gasteiger partial charge in [0.25, 0.3) is 0 Å². The number of hydrogen-bond donors (Lipinski definition) is 1. The lowest BCUT2D eigenvalue weighted by molar-refractivity contribution is 0.358. The van der Waals surface area contributed by atoms with Crippen LogP contribution in [0.3, 0.4) is 0 Å². The third-order valence-corrected chi connectivity index (χ3v) is 6.00. The Hall–Kier alpha value is -0.900. The maximum atomic E-state index is 14.3. The van der Waals surface area contributed by atoms with Crippen molar-refractivity contribution in [3.8, 4) is 0 Å². The van der Waals surface area contributed by atoms with Crippen LogP contribution in [0.25, 0.3) is 0 Å². The smallest absolute Gasteiger partial charge is 0.148 e. The highest BCUT2D eigenvalue weighted by molar-refractivity contribution is 7.99. The average Bonchev–Trinajstić information content (AvgIpc) is 2.91. The van der Waals surface area contributed by atoms with Crippen LogP contribution in [0.1, 0.15) is 33.1 Å². The summed E-state index contributed by atoms with van der Waals surface area (Å²) in [7, 11) is 0. The van der Waals surface area contributed by atoms with Crippen molar-refractivity contribution in [1.82, 2.24) is 0 Å². The highest BCUT2D eigenvalue weighted by atomic mass is 32.2. The molecule has 3 rings (SSSR count). The Kier molecular flexibility index (Phi) is 4.34. The van der Waals surface area contributed by atoms with Gasteiger partial charge in [-0.15, -0.1) is 0 Å². The number of thioether (sulfide) groups is 1. The lowest BCUT2D eigenvalue weighted by Crippen LogP contribution is -2.35. The van der Waals surface area contributed by atoms with Gasteiger partial charge in [0.15, 0.2) is 0 Å². The first-order valence-corrected chi connectivity index (χ1v) is 9.08. The van der Waals surface area contributed by atoms with Crippen LogP contribution in [0.4, 0.5) is 15.8 Å². The van der Waals surface area contributed by atoms with Gasteiger partial charge in [0.2, 0.25) is 0 Å². The molecule has 2 saturated heterocycles. The molecule has 4 heteroatoms. The normalized spacial score (nSPS) is 25.1. The zero-order chi connectivity index (χ0) is 14.9. The number of benzene rings is 1. The molecule has 1 unspecified atom stereocenters. The standard InChI is InChI=1S/C17H25FN2S/c1-17(2)10-14(11-21-12-17)19-13-5-6-16(15(18)9-13)20-7-3-4-8-20/h5-6,9,14,19H,3-4,7-8,10-12H2,1-2H3. The molecule has 1 aromatic carbocycles. The maximum absolute atomic E-state index is 14.3. The van der Waals surface area contributed by atoms with E-state index in [0.717, 1.165) is 36.6 Å². The summed E-state index contributed by atoms with van der Waals surface area (Å²) in [5.74, 6) is 2.23. The molecule has 21 heavy (non-hydrogen) atoms. The molecule has 0 bridgehead atoms. The first-order valence-electron chi connectivity index (χ1n) is 7.92. The van der Waals surface area contributed by atoms with Gasteiger partial charge >= 0.3 is 0 Å². The van der Waals surface area contributed by atoms with Crippen LogP contribution in [0, 0.1) is 11.2 Å². The third kappa shape index (κ3) is 3.65. The maximum Gasteiger partial charge on any atom is 0.148 e. The van der Waals surface area contributed by atoms with Gasteiger partial charge < -0.3 is 10.2 Å². The van der Waals surface area contributed by atoms with Crippen molar-refractivity contribution in [2.24, 2.45) is 5.41 Å². The van der Waals surface area contributed by atoms with E-state index in [-0.39, 0.29) is 5.82 Å². The second kappa shape index (κ2) is 6.07. The van der Waals surface area contributed by atoms with Gasteiger partial charge in [-0.1, -0.05) is 13.8 Å². The van der Waals surface area contributed by atoms with Gasteiger partial charge in [-0.05, 0) is 48.6 Å². The summed E-state index contributed by atoms with van der Waals surface area (Å²) in [5.41, 5.74) is 2.05. The Morgan fingerprint density at radius 1 is 1.29 bits per heavy atom. The van der Waals surface area contributed by atoms with Crippen molar-refractivity contribution >= 4 is 23.1 Å². The summed E-state index contributed by atoms with van der Waals surface area (Å²) in [4.78, 5) is 2.15. The molecule has 0 spiro atoms. The molecule has 2 fully saturated rings. The van der Waals surface area contributed by atoms with Crippen molar-refractivity contribution < 1.29 is 4.39 Å². The van der Waals surface area contributed by atoms with Gasteiger partial charge in [0.05, 0.1) is 5.69 Å². The second-order valence-corrected chi connectivity index (χ2v) is 8.12. The van der Waals surface area contributed by atoms with E-state index in [0.29, 0.717) is 11.5 Å². The van der Waals surface area contributed by atoms with E-state index >= 15 is 0 Å². The summed E-state index contributed by atoms with van der Waals surface area (Å²) in [5, 5.41) is 3.52. The molecule has 1 aromatic rings. The minimum absolute atomic E-state index is 0.0929. The van der Waals surface area contributed by atoms with Gasteiger partial charge in [0, 0.05) is 30.6 Å². The summed E-state index contributed by atoms with van der Waals surface area (Å²) >= 11 is 1.99. The minimum Gasteiger partial charge on any atom is -0.381 e. The van der Waals surface area contributed by atoms with Crippen molar-refractivity contribution in [1.29, 1.82) is 0 Å². The van der Waals surface area contributed by atoms with E-state index in [1.807, 2.05) is 23.9 Å². The fourth-order valence-corrected chi connectivity index (χ4v) is 4.68. The van der Waals surface area contributed by atoms with Crippen LogP contribution in [-0.4, -0.2) is 30.6 Å². The van der Waals surface area contributed by atoms with E-state index in [2.05, 4.69) is 24.1 Å². The largest absolute Gasteiger partial charge is 0.381 e. The Morgan fingerprint density at radius 2 is 2.05 bits per heavy atom. The fraction of sp³-hybridized carbons (Fsp3) is 0.647. The number of anilines is 2. The monoisotopic (exact) mass is 308 g/mol. The van der Waals surface area contributed by atoms with E-state index in [9.17, 15) is 4.39 Å². The Morgan fingerprint density at radius 3 is 2.71 bits per heavy atom. The minimum atomic E-state index is -0.0929. The highest BCUT2D eigenvalue weighted by Crippen LogP contribution is 2.35. The van der Waals surface area contributed by atoms with E-state index in [1.165, 1.54) is 18.6 Å². The van der Waals surface area contributed by atoms with Crippen LogP contribution in [0.5, 0.6) is 0 Å². The van der Waals surface area contributed by atoms with E-state index < -0.39 is 0 Å². The van der Waals surface area contributed by atoms with E-state index in [4.69, 9.17) is 0 Å². The topological polar surface area (TPSA) is 15.3 Å². The molecule has 2 aliphatic rings. The Balaban J connectivity index is 1.67. The predicted molar refractivity (Wildman–Crippen MR) is 91.0 cm³/mol. The van der Waals surface area contributed by atoms with Crippen molar-refractivity contribution in [2.75, 3.05) is 34.8 Å². The fourth-order valence-electron chi connectivity index (χ4n) is 3.40. The lowest BCUT2D eigenvalue weighted by atomic mass is 9.88. The second-order valence-electron chi connectivity index (χ2n) is 7.09. The average molecular weight is 308 g/mol. The number of nitrogens with one attached hydrogen (secondary N) is 1. The van der Waals surface area contributed by atoms with Gasteiger partial charge in [0.1, 0.15) is 5.82 Å². The van der Waals surface area contributed by atoms with Crippen LogP contribution >= 0.6 is 11.8 Å². The molecular formula is C17H25FN2S. The zero-order valence-corrected chi connectivity index (χ0v) is 13.8. The summed E-state index contributed by atoms with van der Waals surface area (Å²) in [6.07, 6.45) is 3.50. The van der Waals surface area contributed by atoms with Crippen molar-refractivity contribution in [2.45, 2.75) is 39.2 Å². The first kappa shape index (κ1) is 15.0. The first-order chi connectivity index (χ1) is 10.0. The van der Waals surface area contributed by atoms with Crippen LogP contribution in [0.2, 0.25) is 0 Å². The molecule has 2 heterocycles. The molecule has 0 amide bonds. The molecular weight excluding hydrogens is 283 g/mol. The van der Waals surface area contributed by atoms with Crippen LogP contribution in [-0.2, 0) is 0 Å². The number of halogens is 1. The molecule has 116 valence electrons. The molecule has 2 aliphatic heterocycles. The Bertz CT molecular complexity index is 498. The SMILES string of the molecule is CC1(C)CSCC(Nc2ccc(N3CCCC3)c(F)c2)C1. The quantitative estimate of drug-likeness (QED) is 0.892. The third-order valence-electron chi connectivity index (χ3n) is 4.38. The lowest BCUT2D eigenvalue weighted by Gasteiger charge is -2.35. The molecule has 1 atom stereocenters. The van der Waals surface area contributed by atoms with Gasteiger partial charge in [-0.2, -0.15) is 11.8 Å². The molecule has 0 radical (unpaired) electrons. The van der Waals surface area contributed by atoms with Crippen LogP contribution in [0.15, 0.2) is 18.2 Å². The molecule has 1 N–H and O–H groups in total. The van der Waals surface area contributed by atoms with Crippen LogP contribution < -0.4 is 10.2 Å². The molecule has 0 saturated carbocycles. The number of rotatable bonds is 3. The summed E-state index contributed by atoms with van der Waals surface area (Å²) in [6, 6.07) is 6.07. The number of nitrogens with zero attached hydrogens (tertiary/aromatic N) is 1. The zero-order valence-electron chi connectivity index (χ0n) is 13.0. The van der Waals surface area contributed by atoms with E-state index in [1.54, 1.807) is 6.07 Å². The van der Waals surface area contributed by atoms with Crippen molar-refractivity contribution in [3.05, 3.63) is 24.0 Å². The van der Waals surface area contributed by atoms with Gasteiger partial charge in [-0.3, -0.25) is 0 Å². The summed E-state index contributed by atoms with van der Waals surface area (Å²) in [6.45, 7) is 6.59. The number of hydrogen-bond acceptors (Lipinski definition) is 3. The predicted octanol–water partition coefficient (Wildman–Crippen LogP) is 4.37. The highest BCUT2D eigenvalue weighted by Gasteiger charge is 2.28. The molecule has 0 aliphatic carbocycles. The summed E-state index contributed by atoms with van der Waals surface area (Å²) < 4.78 is 14.3.